The molecule has 3 N–H and O–H groups in total. The van der Waals surface area contributed by atoms with Gasteiger partial charge in [-0.1, -0.05) is 6.07 Å². The number of para-hydroxylation sites is 1. The average Bonchev–Trinajstić information content (AvgIpc) is 3.07. The predicted molar refractivity (Wildman–Crippen MR) is 66.3 cm³/mol. The van der Waals surface area contributed by atoms with Crippen molar-refractivity contribution in [2.75, 3.05) is 12.5 Å². The Balaban J connectivity index is 1.71. The summed E-state index contributed by atoms with van der Waals surface area (Å²) in [7, 11) is 0. The number of nitrogen functional groups attached to an aromatic ring is 1. The number of nitrogens with one attached hydrogen (secondary N) is 1. The van der Waals surface area contributed by atoms with Gasteiger partial charge in [0.2, 0.25) is 18.3 Å². The van der Waals surface area contributed by atoms with Crippen molar-refractivity contribution in [3.8, 4) is 11.5 Å². The van der Waals surface area contributed by atoms with Crippen molar-refractivity contribution in [1.29, 1.82) is 0 Å². The Hall–Kier alpha value is -3.10. The molecule has 9 nitrogen and oxygen atoms in total. The summed E-state index contributed by atoms with van der Waals surface area (Å²) in [6.45, 7) is 0.160. The molecule has 1 aliphatic heterocycles. The van der Waals surface area contributed by atoms with Crippen LogP contribution >= 0.6 is 0 Å². The molecule has 102 valence electrons. The van der Waals surface area contributed by atoms with Crippen LogP contribution in [0, 0.1) is 0 Å². The molecule has 1 aliphatic rings. The number of hydrogen-bond acceptors (Lipinski definition) is 8. The smallest absolute Gasteiger partial charge is 0.297 e. The summed E-state index contributed by atoms with van der Waals surface area (Å²) in [5.74, 6) is 0.484. The number of benzene rings is 1. The van der Waals surface area contributed by atoms with Crippen LogP contribution in [0.3, 0.4) is 0 Å². The number of rotatable bonds is 3. The zero-order chi connectivity index (χ0) is 13.9. The Morgan fingerprint density at radius 3 is 3.10 bits per heavy atom. The molecule has 0 saturated carbocycles. The normalized spacial score (nSPS) is 12.8. The van der Waals surface area contributed by atoms with Gasteiger partial charge in [-0.05, 0) is 22.4 Å². The monoisotopic (exact) mass is 275 g/mol. The summed E-state index contributed by atoms with van der Waals surface area (Å²) in [6.07, 6.45) is 1.43. The highest BCUT2D eigenvalue weighted by Crippen LogP contribution is 2.34. The predicted octanol–water partition coefficient (Wildman–Crippen LogP) is 0.144. The Morgan fingerprint density at radius 2 is 2.30 bits per heavy atom. The highest BCUT2D eigenvalue weighted by atomic mass is 16.7. The number of hydrogen-bond donors (Lipinski definition) is 2. The van der Waals surface area contributed by atoms with Crippen molar-refractivity contribution < 1.29 is 18.9 Å². The Bertz CT molecular complexity index is 681. The van der Waals surface area contributed by atoms with Gasteiger partial charge in [0.05, 0.1) is 6.21 Å². The fourth-order valence-corrected chi connectivity index (χ4v) is 1.62. The van der Waals surface area contributed by atoms with Crippen molar-refractivity contribution in [2.24, 2.45) is 5.10 Å². The second-order valence-corrected chi connectivity index (χ2v) is 3.78. The van der Waals surface area contributed by atoms with Crippen LogP contribution in [-0.4, -0.2) is 29.2 Å². The molecule has 0 unspecified atom stereocenters. The first-order valence-corrected chi connectivity index (χ1v) is 5.56. The number of nitrogens with two attached hydrogens (primary N) is 1. The van der Waals surface area contributed by atoms with E-state index in [0.29, 0.717) is 17.1 Å². The van der Waals surface area contributed by atoms with E-state index in [9.17, 15) is 4.79 Å². The molecular weight excluding hydrogens is 266 g/mol. The van der Waals surface area contributed by atoms with Crippen molar-refractivity contribution >= 4 is 17.9 Å². The number of carbonyl (C=O) groups is 1. The minimum absolute atomic E-state index is 0.102. The Kier molecular flexibility index (Phi) is 2.92. The van der Waals surface area contributed by atoms with E-state index in [1.807, 2.05) is 0 Å². The zero-order valence-electron chi connectivity index (χ0n) is 10.1. The fourth-order valence-electron chi connectivity index (χ4n) is 1.62. The van der Waals surface area contributed by atoms with Crippen molar-refractivity contribution in [3.05, 3.63) is 29.5 Å². The van der Waals surface area contributed by atoms with Gasteiger partial charge in [-0.2, -0.15) is 5.10 Å². The second kappa shape index (κ2) is 4.88. The van der Waals surface area contributed by atoms with E-state index < -0.39 is 5.91 Å². The molecule has 0 spiro atoms. The summed E-state index contributed by atoms with van der Waals surface area (Å²) >= 11 is 0. The van der Waals surface area contributed by atoms with Crippen LogP contribution in [0.15, 0.2) is 27.9 Å². The van der Waals surface area contributed by atoms with Crippen molar-refractivity contribution in [3.63, 3.8) is 0 Å². The van der Waals surface area contributed by atoms with Crippen LogP contribution < -0.4 is 20.6 Å². The first-order chi connectivity index (χ1) is 9.75. The number of ether oxygens (including phenoxy) is 2. The standard InChI is InChI=1S/C11H9N5O4/c12-10-8(15-20-16-10)11(17)14-13-4-6-2-1-3-7-9(6)19-5-18-7/h1-4H,5H2,(H2,12,16)(H,14,17)/b13-4+. The van der Waals surface area contributed by atoms with E-state index in [1.165, 1.54) is 6.21 Å². The number of carbonyl (C=O) groups excluding carboxylic acids is 1. The number of anilines is 1. The largest absolute Gasteiger partial charge is 0.454 e. The van der Waals surface area contributed by atoms with Gasteiger partial charge in [0.1, 0.15) is 0 Å². The molecule has 20 heavy (non-hydrogen) atoms. The SMILES string of the molecule is Nc1nonc1C(=O)N/N=C/c1cccc2c1OCO2. The third kappa shape index (κ3) is 2.11. The summed E-state index contributed by atoms with van der Waals surface area (Å²) < 4.78 is 14.8. The molecule has 0 atom stereocenters. The Labute approximate surface area is 112 Å². The number of fused-ring (bicyclic) bond motifs is 1. The lowest BCUT2D eigenvalue weighted by molar-refractivity contribution is 0.0946. The third-order valence-corrected chi connectivity index (χ3v) is 2.53. The van der Waals surface area contributed by atoms with E-state index in [-0.39, 0.29) is 18.3 Å². The van der Waals surface area contributed by atoms with E-state index in [1.54, 1.807) is 18.2 Å². The van der Waals surface area contributed by atoms with Gasteiger partial charge in [0.25, 0.3) is 5.91 Å². The molecule has 3 rings (SSSR count). The van der Waals surface area contributed by atoms with Gasteiger partial charge < -0.3 is 15.2 Å². The third-order valence-electron chi connectivity index (χ3n) is 2.53. The molecule has 1 amide bonds. The molecule has 0 saturated heterocycles. The Morgan fingerprint density at radius 1 is 1.40 bits per heavy atom. The lowest BCUT2D eigenvalue weighted by atomic mass is 10.2. The molecule has 0 aliphatic carbocycles. The maximum Gasteiger partial charge on any atom is 0.297 e. The van der Waals surface area contributed by atoms with Gasteiger partial charge in [0, 0.05) is 5.56 Å². The van der Waals surface area contributed by atoms with Crippen LogP contribution in [0.2, 0.25) is 0 Å². The maximum atomic E-state index is 11.6. The summed E-state index contributed by atoms with van der Waals surface area (Å²) in [5, 5.41) is 10.4. The number of amides is 1. The first kappa shape index (κ1) is 12.0. The molecule has 1 aromatic heterocycles. The van der Waals surface area contributed by atoms with E-state index in [0.717, 1.165) is 0 Å². The average molecular weight is 275 g/mol. The van der Waals surface area contributed by atoms with Gasteiger partial charge in [-0.25, -0.2) is 10.1 Å². The number of aromatic nitrogens is 2. The van der Waals surface area contributed by atoms with Crippen LogP contribution in [0.25, 0.3) is 0 Å². The molecule has 0 fully saturated rings. The zero-order valence-corrected chi connectivity index (χ0v) is 10.1. The number of nitrogens with zero attached hydrogens (tertiary/aromatic N) is 3. The van der Waals surface area contributed by atoms with E-state index >= 15 is 0 Å². The maximum absolute atomic E-state index is 11.6. The highest BCUT2D eigenvalue weighted by Gasteiger charge is 2.17. The van der Waals surface area contributed by atoms with Gasteiger partial charge in [0.15, 0.2) is 11.5 Å². The molecule has 9 heteroatoms. The van der Waals surface area contributed by atoms with Gasteiger partial charge in [-0.3, -0.25) is 4.79 Å². The lowest BCUT2D eigenvalue weighted by Gasteiger charge is -2.00. The first-order valence-electron chi connectivity index (χ1n) is 5.56. The van der Waals surface area contributed by atoms with Crippen molar-refractivity contribution in [2.45, 2.75) is 0 Å². The minimum atomic E-state index is -0.621. The minimum Gasteiger partial charge on any atom is -0.454 e. The van der Waals surface area contributed by atoms with Crippen LogP contribution in [0.1, 0.15) is 16.1 Å². The second-order valence-electron chi connectivity index (χ2n) is 3.78. The topological polar surface area (TPSA) is 125 Å². The number of hydrazone groups is 1. The summed E-state index contributed by atoms with van der Waals surface area (Å²) in [4.78, 5) is 11.6. The molecule has 2 heterocycles. The molecular formula is C11H9N5O4. The molecule has 0 radical (unpaired) electrons. The van der Waals surface area contributed by atoms with Crippen LogP contribution in [0.5, 0.6) is 11.5 Å². The van der Waals surface area contributed by atoms with Crippen LogP contribution in [0.4, 0.5) is 5.82 Å². The quantitative estimate of drug-likeness (QED) is 0.603. The molecule has 0 bridgehead atoms. The van der Waals surface area contributed by atoms with Crippen LogP contribution in [-0.2, 0) is 0 Å². The molecule has 2 aromatic rings. The highest BCUT2D eigenvalue weighted by molar-refractivity contribution is 5.96. The van der Waals surface area contributed by atoms with E-state index in [4.69, 9.17) is 15.2 Å². The molecule has 1 aromatic carbocycles. The summed E-state index contributed by atoms with van der Waals surface area (Å²) in [5.41, 5.74) is 8.19. The summed E-state index contributed by atoms with van der Waals surface area (Å²) in [6, 6.07) is 5.34. The fraction of sp³-hybridized carbons (Fsp3) is 0.0909. The van der Waals surface area contributed by atoms with Gasteiger partial charge >= 0.3 is 0 Å². The lowest BCUT2D eigenvalue weighted by Crippen LogP contribution is -2.19. The van der Waals surface area contributed by atoms with Crippen molar-refractivity contribution in [1.82, 2.24) is 15.7 Å². The van der Waals surface area contributed by atoms with Gasteiger partial charge in [-0.15, -0.1) is 0 Å². The van der Waals surface area contributed by atoms with E-state index in [2.05, 4.69) is 25.5 Å².